The number of hydrogen-bond acceptors (Lipinski definition) is 1. The van der Waals surface area contributed by atoms with Gasteiger partial charge in [-0.05, 0) is 26.7 Å². The number of ketones is 1. The van der Waals surface area contributed by atoms with E-state index in [0.29, 0.717) is 0 Å². The average Bonchev–Trinajstić information content (AvgIpc) is 2.19. The van der Waals surface area contributed by atoms with Gasteiger partial charge in [0.05, 0.1) is 0 Å². The summed E-state index contributed by atoms with van der Waals surface area (Å²) >= 11 is 3.38. The van der Waals surface area contributed by atoms with Crippen LogP contribution in [0.15, 0.2) is 0 Å². The molecule has 1 aliphatic rings. The standard InChI is InChI=1S/C3H5Br.C3H6O/c4-3-1-2-3;1-3(2)4/h3H,1-2H2;1-2H3. The summed E-state index contributed by atoms with van der Waals surface area (Å²) in [5.41, 5.74) is 0. The number of hydrogen-bond donors (Lipinski definition) is 0. The minimum absolute atomic E-state index is 0.167. The quantitative estimate of drug-likeness (QED) is 0.520. The number of alkyl halides is 1. The lowest BCUT2D eigenvalue weighted by molar-refractivity contribution is -0.114. The summed E-state index contributed by atoms with van der Waals surface area (Å²) in [5.74, 6) is 0.167. The molecule has 1 fully saturated rings. The van der Waals surface area contributed by atoms with Crippen molar-refractivity contribution < 1.29 is 4.79 Å². The Labute approximate surface area is 58.6 Å². The van der Waals surface area contributed by atoms with Crippen LogP contribution in [0.2, 0.25) is 0 Å². The van der Waals surface area contributed by atoms with Crippen LogP contribution in [-0.2, 0) is 4.79 Å². The molecule has 1 nitrogen and oxygen atoms in total. The molecular formula is C6H11BrO. The van der Waals surface area contributed by atoms with Crippen LogP contribution in [0.4, 0.5) is 0 Å². The Morgan fingerprint density at radius 1 is 1.50 bits per heavy atom. The third-order valence-electron chi connectivity index (χ3n) is 0.507. The first-order valence-electron chi connectivity index (χ1n) is 2.74. The van der Waals surface area contributed by atoms with Crippen LogP contribution in [-0.4, -0.2) is 10.6 Å². The largest absolute Gasteiger partial charge is 0.300 e. The summed E-state index contributed by atoms with van der Waals surface area (Å²) in [6, 6.07) is 0. The summed E-state index contributed by atoms with van der Waals surface area (Å²) in [7, 11) is 0. The zero-order valence-electron chi connectivity index (χ0n) is 5.28. The van der Waals surface area contributed by atoms with Crippen molar-refractivity contribution >= 4 is 21.7 Å². The van der Waals surface area contributed by atoms with Crippen molar-refractivity contribution in [2.24, 2.45) is 0 Å². The van der Waals surface area contributed by atoms with E-state index in [2.05, 4.69) is 15.9 Å². The van der Waals surface area contributed by atoms with Gasteiger partial charge in [0.1, 0.15) is 5.78 Å². The summed E-state index contributed by atoms with van der Waals surface area (Å²) in [6.07, 6.45) is 2.81. The normalized spacial score (nSPS) is 16.4. The van der Waals surface area contributed by atoms with E-state index in [1.807, 2.05) is 0 Å². The fourth-order valence-electron chi connectivity index (χ4n) is 0.0630. The molecule has 0 aromatic heterocycles. The van der Waals surface area contributed by atoms with E-state index in [1.165, 1.54) is 26.7 Å². The summed E-state index contributed by atoms with van der Waals surface area (Å²) in [5, 5.41) is 0. The third-order valence-corrected chi connectivity index (χ3v) is 1.42. The first-order chi connectivity index (χ1) is 3.63. The van der Waals surface area contributed by atoms with Gasteiger partial charge >= 0.3 is 0 Å². The highest BCUT2D eigenvalue weighted by Gasteiger charge is 2.15. The molecule has 8 heavy (non-hydrogen) atoms. The maximum absolute atomic E-state index is 9.44. The highest BCUT2D eigenvalue weighted by atomic mass is 79.9. The monoisotopic (exact) mass is 178 g/mol. The van der Waals surface area contributed by atoms with E-state index in [-0.39, 0.29) is 5.78 Å². The maximum Gasteiger partial charge on any atom is 0.126 e. The highest BCUT2D eigenvalue weighted by Crippen LogP contribution is 2.27. The number of halogens is 1. The number of carbonyl (C=O) groups excluding carboxylic acids is 1. The van der Waals surface area contributed by atoms with Crippen molar-refractivity contribution in [1.82, 2.24) is 0 Å². The lowest BCUT2D eigenvalue weighted by atomic mass is 10.6. The lowest BCUT2D eigenvalue weighted by Gasteiger charge is -1.56. The molecule has 1 aliphatic carbocycles. The van der Waals surface area contributed by atoms with Gasteiger partial charge in [0.2, 0.25) is 0 Å². The second-order valence-corrected chi connectivity index (χ2v) is 3.38. The van der Waals surface area contributed by atoms with Gasteiger partial charge in [-0.2, -0.15) is 0 Å². The number of Topliss-reactive ketones (excluding diaryl/α,β-unsaturated/α-hetero) is 1. The molecule has 0 spiro atoms. The molecule has 0 unspecified atom stereocenters. The molecule has 0 bridgehead atoms. The van der Waals surface area contributed by atoms with Gasteiger partial charge in [-0.1, -0.05) is 15.9 Å². The van der Waals surface area contributed by atoms with E-state index < -0.39 is 0 Å². The van der Waals surface area contributed by atoms with E-state index in [1.54, 1.807) is 0 Å². The van der Waals surface area contributed by atoms with Crippen LogP contribution in [0.5, 0.6) is 0 Å². The van der Waals surface area contributed by atoms with Crippen molar-refractivity contribution in [2.45, 2.75) is 31.5 Å². The Kier molecular flexibility index (Phi) is 4.15. The van der Waals surface area contributed by atoms with Crippen LogP contribution < -0.4 is 0 Å². The van der Waals surface area contributed by atoms with Crippen LogP contribution in [0.3, 0.4) is 0 Å². The van der Waals surface area contributed by atoms with Crippen LogP contribution in [0, 0.1) is 0 Å². The van der Waals surface area contributed by atoms with E-state index in [0.717, 1.165) is 4.83 Å². The molecule has 0 aliphatic heterocycles. The molecule has 0 atom stereocenters. The van der Waals surface area contributed by atoms with Crippen molar-refractivity contribution in [1.29, 1.82) is 0 Å². The predicted octanol–water partition coefficient (Wildman–Crippen LogP) is 2.14. The molecule has 0 aromatic rings. The second kappa shape index (κ2) is 4.07. The first kappa shape index (κ1) is 8.15. The van der Waals surface area contributed by atoms with Crippen molar-refractivity contribution in [3.05, 3.63) is 0 Å². The summed E-state index contributed by atoms with van der Waals surface area (Å²) in [4.78, 5) is 10.3. The third kappa shape index (κ3) is 16.4. The van der Waals surface area contributed by atoms with E-state index >= 15 is 0 Å². The summed E-state index contributed by atoms with van der Waals surface area (Å²) in [6.45, 7) is 3.06. The Bertz CT molecular complexity index is 72.6. The lowest BCUT2D eigenvalue weighted by Crippen LogP contribution is -1.69. The SMILES string of the molecule is BrC1CC1.CC(C)=O. The van der Waals surface area contributed by atoms with Gasteiger partial charge in [0.15, 0.2) is 0 Å². The fraction of sp³-hybridized carbons (Fsp3) is 0.833. The van der Waals surface area contributed by atoms with E-state index in [9.17, 15) is 4.79 Å². The summed E-state index contributed by atoms with van der Waals surface area (Å²) < 4.78 is 0. The number of carbonyl (C=O) groups is 1. The molecular weight excluding hydrogens is 168 g/mol. The highest BCUT2D eigenvalue weighted by molar-refractivity contribution is 9.09. The molecule has 0 radical (unpaired) electrons. The molecule has 0 heterocycles. The second-order valence-electron chi connectivity index (χ2n) is 2.08. The zero-order chi connectivity index (χ0) is 6.57. The molecule has 1 saturated carbocycles. The molecule has 0 aromatic carbocycles. The van der Waals surface area contributed by atoms with Gasteiger partial charge in [-0.15, -0.1) is 0 Å². The van der Waals surface area contributed by atoms with Crippen LogP contribution >= 0.6 is 15.9 Å². The van der Waals surface area contributed by atoms with Gasteiger partial charge in [0.25, 0.3) is 0 Å². The van der Waals surface area contributed by atoms with E-state index in [4.69, 9.17) is 0 Å². The predicted molar refractivity (Wildman–Crippen MR) is 38.3 cm³/mol. The van der Waals surface area contributed by atoms with Crippen molar-refractivity contribution in [3.63, 3.8) is 0 Å². The van der Waals surface area contributed by atoms with Gasteiger partial charge < -0.3 is 4.79 Å². The van der Waals surface area contributed by atoms with Crippen molar-refractivity contribution in [2.75, 3.05) is 0 Å². The molecule has 0 amide bonds. The maximum atomic E-state index is 9.44. The minimum Gasteiger partial charge on any atom is -0.300 e. The number of rotatable bonds is 0. The molecule has 0 saturated heterocycles. The fourth-order valence-corrected chi connectivity index (χ4v) is 0.327. The Balaban J connectivity index is 0.000000122. The Hall–Kier alpha value is 0.150. The Morgan fingerprint density at radius 2 is 1.62 bits per heavy atom. The first-order valence-corrected chi connectivity index (χ1v) is 3.65. The smallest absolute Gasteiger partial charge is 0.126 e. The van der Waals surface area contributed by atoms with Gasteiger partial charge in [0, 0.05) is 4.83 Å². The molecule has 2 heteroatoms. The minimum atomic E-state index is 0.167. The Morgan fingerprint density at radius 3 is 1.62 bits per heavy atom. The molecule has 48 valence electrons. The van der Waals surface area contributed by atoms with Crippen molar-refractivity contribution in [3.8, 4) is 0 Å². The van der Waals surface area contributed by atoms with Gasteiger partial charge in [-0.3, -0.25) is 0 Å². The van der Waals surface area contributed by atoms with Crippen LogP contribution in [0.1, 0.15) is 26.7 Å². The molecule has 1 rings (SSSR count). The molecule has 0 N–H and O–H groups in total. The topological polar surface area (TPSA) is 17.1 Å². The van der Waals surface area contributed by atoms with Crippen LogP contribution in [0.25, 0.3) is 0 Å². The zero-order valence-corrected chi connectivity index (χ0v) is 6.86. The van der Waals surface area contributed by atoms with Gasteiger partial charge in [-0.25, -0.2) is 0 Å². The average molecular weight is 179 g/mol.